The Morgan fingerprint density at radius 3 is 2.90 bits per heavy atom. The van der Waals surface area contributed by atoms with Gasteiger partial charge in [0.1, 0.15) is 12.1 Å². The van der Waals surface area contributed by atoms with Crippen molar-refractivity contribution in [1.29, 1.82) is 0 Å². The van der Waals surface area contributed by atoms with Gasteiger partial charge >= 0.3 is 0 Å². The molecular weight excluding hydrogens is 372 g/mol. The topological polar surface area (TPSA) is 93.9 Å². The summed E-state index contributed by atoms with van der Waals surface area (Å²) in [6, 6.07) is 7.76. The number of rotatable bonds is 4. The first-order valence-corrected chi connectivity index (χ1v) is 9.76. The van der Waals surface area contributed by atoms with Gasteiger partial charge in [-0.2, -0.15) is 14.6 Å². The van der Waals surface area contributed by atoms with Crippen LogP contribution in [0.25, 0.3) is 5.78 Å². The molecule has 1 saturated heterocycles. The van der Waals surface area contributed by atoms with Gasteiger partial charge in [0.25, 0.3) is 5.78 Å². The number of aryl methyl sites for hydroxylation is 1. The molecule has 2 aliphatic heterocycles. The highest BCUT2D eigenvalue weighted by Crippen LogP contribution is 2.32. The first kappa shape index (κ1) is 17.7. The fourth-order valence-electron chi connectivity index (χ4n) is 3.89. The minimum atomic E-state index is 0.00873. The number of amides is 1. The van der Waals surface area contributed by atoms with Gasteiger partial charge in [-0.1, -0.05) is 6.07 Å². The smallest absolute Gasteiger partial charge is 0.254 e. The minimum Gasteiger partial charge on any atom is -0.454 e. The van der Waals surface area contributed by atoms with E-state index in [1.54, 1.807) is 4.52 Å². The van der Waals surface area contributed by atoms with Gasteiger partial charge in [0.05, 0.1) is 0 Å². The van der Waals surface area contributed by atoms with Crippen LogP contribution in [-0.2, 0) is 11.3 Å². The van der Waals surface area contributed by atoms with Crippen LogP contribution in [0.5, 0.6) is 11.5 Å². The molecule has 2 aliphatic rings. The summed E-state index contributed by atoms with van der Waals surface area (Å²) in [5.74, 6) is 3.17. The molecule has 29 heavy (non-hydrogen) atoms. The Labute approximate surface area is 167 Å². The van der Waals surface area contributed by atoms with E-state index in [1.165, 1.54) is 6.33 Å². The van der Waals surface area contributed by atoms with Gasteiger partial charge in [-0.05, 0) is 37.5 Å². The molecule has 3 aromatic rings. The quantitative estimate of drug-likeness (QED) is 0.720. The summed E-state index contributed by atoms with van der Waals surface area (Å²) in [6.45, 7) is 4.27. The minimum absolute atomic E-state index is 0.00873. The average molecular weight is 394 g/mol. The lowest BCUT2D eigenvalue weighted by atomic mass is 9.95. The summed E-state index contributed by atoms with van der Waals surface area (Å²) in [4.78, 5) is 23.5. The molecule has 0 bridgehead atoms. The second-order valence-electron chi connectivity index (χ2n) is 7.39. The number of carbonyl (C=O) groups is 1. The number of nitrogens with zero attached hydrogens (tertiary/aromatic N) is 5. The van der Waals surface area contributed by atoms with Gasteiger partial charge in [0, 0.05) is 37.3 Å². The molecule has 0 atom stereocenters. The van der Waals surface area contributed by atoms with Gasteiger partial charge < -0.3 is 19.7 Å². The third-order valence-corrected chi connectivity index (χ3v) is 5.45. The molecule has 1 amide bonds. The van der Waals surface area contributed by atoms with Crippen LogP contribution in [0.15, 0.2) is 30.6 Å². The molecule has 0 spiro atoms. The molecule has 1 aromatic carbocycles. The highest BCUT2D eigenvalue weighted by molar-refractivity contribution is 5.79. The van der Waals surface area contributed by atoms with Gasteiger partial charge in [-0.25, -0.2) is 4.98 Å². The SMILES string of the molecule is Cc1cc(N2CCC(C(=O)NCc3ccc4c(c3)OCO4)CC2)n2ncnc2n1. The normalized spacial score (nSPS) is 16.4. The fourth-order valence-corrected chi connectivity index (χ4v) is 3.89. The van der Waals surface area contributed by atoms with Crippen molar-refractivity contribution in [1.82, 2.24) is 24.9 Å². The number of benzene rings is 1. The first-order chi connectivity index (χ1) is 14.2. The van der Waals surface area contributed by atoms with E-state index in [0.717, 1.165) is 54.5 Å². The maximum atomic E-state index is 12.7. The molecule has 9 heteroatoms. The number of piperidine rings is 1. The van der Waals surface area contributed by atoms with E-state index in [-0.39, 0.29) is 18.6 Å². The number of carbonyl (C=O) groups excluding carboxylic acids is 1. The Hall–Kier alpha value is -3.36. The Balaban J connectivity index is 1.19. The molecular formula is C20H22N6O3. The first-order valence-electron chi connectivity index (χ1n) is 9.76. The summed E-state index contributed by atoms with van der Waals surface area (Å²) < 4.78 is 12.5. The number of hydrogen-bond donors (Lipinski definition) is 1. The summed E-state index contributed by atoms with van der Waals surface area (Å²) in [7, 11) is 0. The van der Waals surface area contributed by atoms with Crippen LogP contribution in [0.4, 0.5) is 5.82 Å². The van der Waals surface area contributed by atoms with E-state index in [4.69, 9.17) is 9.47 Å². The summed E-state index contributed by atoms with van der Waals surface area (Å²) in [5.41, 5.74) is 1.91. The zero-order valence-electron chi connectivity index (χ0n) is 16.2. The van der Waals surface area contributed by atoms with Crippen molar-refractivity contribution in [3.63, 3.8) is 0 Å². The van der Waals surface area contributed by atoms with E-state index in [1.807, 2.05) is 31.2 Å². The van der Waals surface area contributed by atoms with E-state index in [0.29, 0.717) is 12.3 Å². The van der Waals surface area contributed by atoms with Crippen molar-refractivity contribution < 1.29 is 14.3 Å². The van der Waals surface area contributed by atoms with Gasteiger partial charge in [0.2, 0.25) is 12.7 Å². The third-order valence-electron chi connectivity index (χ3n) is 5.45. The zero-order chi connectivity index (χ0) is 19.8. The maximum Gasteiger partial charge on any atom is 0.254 e. The van der Waals surface area contributed by atoms with Crippen molar-refractivity contribution in [2.45, 2.75) is 26.3 Å². The molecule has 1 fully saturated rings. The van der Waals surface area contributed by atoms with Gasteiger partial charge in [-0.15, -0.1) is 0 Å². The lowest BCUT2D eigenvalue weighted by molar-refractivity contribution is -0.125. The predicted octanol–water partition coefficient (Wildman–Crippen LogP) is 1.69. The number of nitrogens with one attached hydrogen (secondary N) is 1. The lowest BCUT2D eigenvalue weighted by Crippen LogP contribution is -2.41. The molecule has 150 valence electrons. The zero-order valence-corrected chi connectivity index (χ0v) is 16.2. The number of aromatic nitrogens is 4. The van der Waals surface area contributed by atoms with Crippen LogP contribution in [-0.4, -0.2) is 45.4 Å². The molecule has 9 nitrogen and oxygen atoms in total. The van der Waals surface area contributed by atoms with Crippen LogP contribution >= 0.6 is 0 Å². The van der Waals surface area contributed by atoms with Crippen LogP contribution in [0.3, 0.4) is 0 Å². The molecule has 2 aromatic heterocycles. The summed E-state index contributed by atoms with van der Waals surface area (Å²) >= 11 is 0. The Kier molecular flexibility index (Phi) is 4.42. The number of anilines is 1. The average Bonchev–Trinajstić information content (AvgIpc) is 3.40. The molecule has 5 rings (SSSR count). The summed E-state index contributed by atoms with van der Waals surface area (Å²) in [5, 5.41) is 7.34. The molecule has 0 aliphatic carbocycles. The van der Waals surface area contributed by atoms with Gasteiger partial charge in [0.15, 0.2) is 11.5 Å². The van der Waals surface area contributed by atoms with E-state index >= 15 is 0 Å². The number of fused-ring (bicyclic) bond motifs is 2. The Bertz CT molecular complexity index is 1060. The second kappa shape index (κ2) is 7.23. The maximum absolute atomic E-state index is 12.7. The lowest BCUT2D eigenvalue weighted by Gasteiger charge is -2.32. The Morgan fingerprint density at radius 1 is 1.21 bits per heavy atom. The highest BCUT2D eigenvalue weighted by atomic mass is 16.7. The molecule has 0 radical (unpaired) electrons. The van der Waals surface area contributed by atoms with Crippen LogP contribution in [0.1, 0.15) is 24.1 Å². The highest BCUT2D eigenvalue weighted by Gasteiger charge is 2.26. The largest absolute Gasteiger partial charge is 0.454 e. The molecule has 4 heterocycles. The predicted molar refractivity (Wildman–Crippen MR) is 105 cm³/mol. The Morgan fingerprint density at radius 2 is 2.03 bits per heavy atom. The van der Waals surface area contributed by atoms with Crippen LogP contribution in [0.2, 0.25) is 0 Å². The number of hydrogen-bond acceptors (Lipinski definition) is 7. The fraction of sp³-hybridized carbons (Fsp3) is 0.400. The molecule has 0 saturated carbocycles. The molecule has 1 N–H and O–H groups in total. The summed E-state index contributed by atoms with van der Waals surface area (Å²) in [6.07, 6.45) is 3.11. The van der Waals surface area contributed by atoms with Crippen LogP contribution < -0.4 is 19.7 Å². The van der Waals surface area contributed by atoms with Crippen molar-refractivity contribution in [3.8, 4) is 11.5 Å². The second-order valence-corrected chi connectivity index (χ2v) is 7.39. The standard InChI is InChI=1S/C20H22N6O3/c1-13-8-18(26-20(24-13)22-11-23-26)25-6-4-15(5-7-25)19(27)21-10-14-2-3-16-17(9-14)29-12-28-16/h2-3,8-9,11,15H,4-7,10,12H2,1H3,(H,21,27). The van der Waals surface area contributed by atoms with Crippen molar-refractivity contribution >= 4 is 17.5 Å². The monoisotopic (exact) mass is 394 g/mol. The van der Waals surface area contributed by atoms with Crippen molar-refractivity contribution in [2.24, 2.45) is 5.92 Å². The van der Waals surface area contributed by atoms with E-state index < -0.39 is 0 Å². The number of ether oxygens (including phenoxy) is 2. The van der Waals surface area contributed by atoms with E-state index in [2.05, 4.69) is 25.3 Å². The van der Waals surface area contributed by atoms with E-state index in [9.17, 15) is 4.79 Å². The van der Waals surface area contributed by atoms with Crippen molar-refractivity contribution in [2.75, 3.05) is 24.8 Å². The third kappa shape index (κ3) is 3.43. The van der Waals surface area contributed by atoms with Crippen molar-refractivity contribution in [3.05, 3.63) is 41.9 Å². The molecule has 0 unspecified atom stereocenters. The van der Waals surface area contributed by atoms with Gasteiger partial charge in [-0.3, -0.25) is 4.79 Å². The van der Waals surface area contributed by atoms with Crippen LogP contribution in [0, 0.1) is 12.8 Å².